The van der Waals surface area contributed by atoms with E-state index < -0.39 is 0 Å². The summed E-state index contributed by atoms with van der Waals surface area (Å²) in [5, 5.41) is 11.7. The Morgan fingerprint density at radius 3 is 1.59 bits per heavy atom. The SMILES string of the molecule is N#Cc1ccccc1-c1ccc(-c2cccc3c2oc2c(-c4ccc(-c5cccnc5)cc4)cccc23)cc1. The summed E-state index contributed by atoms with van der Waals surface area (Å²) in [5.41, 5.74) is 10.9. The van der Waals surface area contributed by atoms with E-state index in [2.05, 4.69) is 102 Å². The fourth-order valence-electron chi connectivity index (χ4n) is 5.31. The van der Waals surface area contributed by atoms with Gasteiger partial charge in [0.1, 0.15) is 11.2 Å². The van der Waals surface area contributed by atoms with E-state index >= 15 is 0 Å². The van der Waals surface area contributed by atoms with E-state index in [-0.39, 0.29) is 0 Å². The lowest BCUT2D eigenvalue weighted by molar-refractivity contribution is 0.671. The Morgan fingerprint density at radius 1 is 0.487 bits per heavy atom. The van der Waals surface area contributed by atoms with Crippen molar-refractivity contribution >= 4 is 21.9 Å². The molecule has 0 amide bonds. The average molecular weight is 499 g/mol. The molecule has 2 heterocycles. The standard InChI is InChI=1S/C36H22N2O/c37-22-28-6-1-2-8-30(28)25-17-19-27(20-18-25)32-10-4-12-34-33-11-3-9-31(35(33)39-36(32)34)26-15-13-24(14-16-26)29-7-5-21-38-23-29/h1-21,23H. The van der Waals surface area contributed by atoms with E-state index in [4.69, 9.17) is 4.42 Å². The topological polar surface area (TPSA) is 49.8 Å². The van der Waals surface area contributed by atoms with Crippen LogP contribution in [0.4, 0.5) is 0 Å². The molecule has 3 nitrogen and oxygen atoms in total. The van der Waals surface area contributed by atoms with Crippen LogP contribution in [0.25, 0.3) is 66.4 Å². The maximum absolute atomic E-state index is 9.51. The summed E-state index contributed by atoms with van der Waals surface area (Å²) in [6.45, 7) is 0. The number of pyridine rings is 1. The van der Waals surface area contributed by atoms with Crippen LogP contribution in [0, 0.1) is 11.3 Å². The number of rotatable bonds is 4. The summed E-state index contributed by atoms with van der Waals surface area (Å²) in [6.07, 6.45) is 3.67. The Bertz CT molecular complexity index is 2000. The largest absolute Gasteiger partial charge is 0.455 e. The molecule has 7 rings (SSSR count). The minimum Gasteiger partial charge on any atom is -0.455 e. The number of hydrogen-bond acceptors (Lipinski definition) is 3. The summed E-state index contributed by atoms with van der Waals surface area (Å²) >= 11 is 0. The molecule has 3 heteroatoms. The van der Waals surface area contributed by atoms with Crippen molar-refractivity contribution in [3.8, 4) is 50.6 Å². The van der Waals surface area contributed by atoms with E-state index in [9.17, 15) is 5.26 Å². The maximum Gasteiger partial charge on any atom is 0.143 e. The Kier molecular flexibility index (Phi) is 5.50. The lowest BCUT2D eigenvalue weighted by atomic mass is 9.96. The lowest BCUT2D eigenvalue weighted by Gasteiger charge is -2.07. The summed E-state index contributed by atoms with van der Waals surface area (Å²) in [7, 11) is 0. The van der Waals surface area contributed by atoms with E-state index in [1.807, 2.05) is 36.5 Å². The quantitative estimate of drug-likeness (QED) is 0.243. The molecule has 0 saturated heterocycles. The number of benzene rings is 5. The molecule has 0 fully saturated rings. The third kappa shape index (κ3) is 3.96. The van der Waals surface area contributed by atoms with Crippen molar-refractivity contribution in [3.05, 3.63) is 139 Å². The first kappa shape index (κ1) is 22.7. The van der Waals surface area contributed by atoms with Gasteiger partial charge in [0.25, 0.3) is 0 Å². The summed E-state index contributed by atoms with van der Waals surface area (Å²) < 4.78 is 6.64. The summed E-state index contributed by atoms with van der Waals surface area (Å²) in [4.78, 5) is 4.24. The molecule has 182 valence electrons. The van der Waals surface area contributed by atoms with Gasteiger partial charge in [-0.25, -0.2) is 0 Å². The monoisotopic (exact) mass is 498 g/mol. The molecule has 39 heavy (non-hydrogen) atoms. The zero-order valence-corrected chi connectivity index (χ0v) is 21.0. The smallest absolute Gasteiger partial charge is 0.143 e. The van der Waals surface area contributed by atoms with Crippen molar-refractivity contribution in [2.24, 2.45) is 0 Å². The van der Waals surface area contributed by atoms with Gasteiger partial charge in [-0.3, -0.25) is 4.98 Å². The van der Waals surface area contributed by atoms with Gasteiger partial charge in [0.15, 0.2) is 0 Å². The fourth-order valence-corrected chi connectivity index (χ4v) is 5.31. The number of nitriles is 1. The molecule has 0 unspecified atom stereocenters. The summed E-state index contributed by atoms with van der Waals surface area (Å²) in [6, 6.07) is 43.5. The van der Waals surface area contributed by atoms with E-state index in [0.717, 1.165) is 66.4 Å². The van der Waals surface area contributed by atoms with E-state index in [1.165, 1.54) is 0 Å². The van der Waals surface area contributed by atoms with Crippen LogP contribution in [0.3, 0.4) is 0 Å². The van der Waals surface area contributed by atoms with Gasteiger partial charge in [0.2, 0.25) is 0 Å². The molecule has 0 aliphatic rings. The van der Waals surface area contributed by atoms with Crippen LogP contribution in [-0.2, 0) is 0 Å². The van der Waals surface area contributed by atoms with Crippen LogP contribution in [0.2, 0.25) is 0 Å². The van der Waals surface area contributed by atoms with Crippen molar-refractivity contribution < 1.29 is 4.42 Å². The van der Waals surface area contributed by atoms with Gasteiger partial charge in [-0.05, 0) is 45.5 Å². The van der Waals surface area contributed by atoms with Gasteiger partial charge >= 0.3 is 0 Å². The van der Waals surface area contributed by atoms with Crippen LogP contribution in [0.15, 0.2) is 138 Å². The van der Waals surface area contributed by atoms with Gasteiger partial charge in [0, 0.05) is 34.3 Å². The first-order chi connectivity index (χ1) is 19.3. The third-order valence-electron chi connectivity index (χ3n) is 7.27. The molecule has 0 aliphatic heterocycles. The Morgan fingerprint density at radius 2 is 1.03 bits per heavy atom. The molecule has 0 spiro atoms. The number of furan rings is 1. The second-order valence-corrected chi connectivity index (χ2v) is 9.52. The predicted octanol–water partition coefficient (Wildman–Crippen LogP) is 9.52. The zero-order chi connectivity index (χ0) is 26.2. The summed E-state index contributed by atoms with van der Waals surface area (Å²) in [5.74, 6) is 0. The molecule has 0 radical (unpaired) electrons. The molecule has 5 aromatic carbocycles. The van der Waals surface area contributed by atoms with Crippen LogP contribution < -0.4 is 0 Å². The highest BCUT2D eigenvalue weighted by Crippen LogP contribution is 2.40. The average Bonchev–Trinajstić information content (AvgIpc) is 3.41. The number of aromatic nitrogens is 1. The zero-order valence-electron chi connectivity index (χ0n) is 21.0. The maximum atomic E-state index is 9.51. The van der Waals surface area contributed by atoms with Gasteiger partial charge in [-0.15, -0.1) is 0 Å². The highest BCUT2D eigenvalue weighted by Gasteiger charge is 2.16. The third-order valence-corrected chi connectivity index (χ3v) is 7.27. The van der Waals surface area contributed by atoms with Gasteiger partial charge < -0.3 is 4.42 Å². The Balaban J connectivity index is 1.31. The number of para-hydroxylation sites is 2. The number of hydrogen-bond donors (Lipinski definition) is 0. The van der Waals surface area contributed by atoms with Crippen molar-refractivity contribution in [2.45, 2.75) is 0 Å². The van der Waals surface area contributed by atoms with Crippen molar-refractivity contribution in [3.63, 3.8) is 0 Å². The molecular formula is C36H22N2O. The molecule has 0 bridgehead atoms. The highest BCUT2D eigenvalue weighted by atomic mass is 16.3. The van der Waals surface area contributed by atoms with E-state index in [1.54, 1.807) is 6.20 Å². The molecule has 0 atom stereocenters. The molecule has 0 saturated carbocycles. The van der Waals surface area contributed by atoms with Crippen LogP contribution in [0.1, 0.15) is 5.56 Å². The van der Waals surface area contributed by atoms with E-state index in [0.29, 0.717) is 5.56 Å². The first-order valence-corrected chi connectivity index (χ1v) is 12.9. The van der Waals surface area contributed by atoms with Crippen LogP contribution in [0.5, 0.6) is 0 Å². The minimum atomic E-state index is 0.672. The van der Waals surface area contributed by atoms with Crippen LogP contribution >= 0.6 is 0 Å². The van der Waals surface area contributed by atoms with Gasteiger partial charge in [-0.1, -0.05) is 109 Å². The highest BCUT2D eigenvalue weighted by molar-refractivity contribution is 6.13. The van der Waals surface area contributed by atoms with Crippen molar-refractivity contribution in [1.29, 1.82) is 5.26 Å². The second kappa shape index (κ2) is 9.45. The Hall–Kier alpha value is -5.46. The number of fused-ring (bicyclic) bond motifs is 3. The molecule has 0 aliphatic carbocycles. The minimum absolute atomic E-state index is 0.672. The Labute approximate surface area is 226 Å². The number of nitrogens with zero attached hydrogens (tertiary/aromatic N) is 2. The lowest BCUT2D eigenvalue weighted by Crippen LogP contribution is -1.84. The van der Waals surface area contributed by atoms with Crippen molar-refractivity contribution in [1.82, 2.24) is 4.98 Å². The first-order valence-electron chi connectivity index (χ1n) is 12.9. The van der Waals surface area contributed by atoms with Gasteiger partial charge in [0.05, 0.1) is 11.6 Å². The molecular weight excluding hydrogens is 476 g/mol. The second-order valence-electron chi connectivity index (χ2n) is 9.52. The van der Waals surface area contributed by atoms with Crippen molar-refractivity contribution in [2.75, 3.05) is 0 Å². The molecule has 7 aromatic rings. The molecule has 2 aromatic heterocycles. The van der Waals surface area contributed by atoms with Crippen LogP contribution in [-0.4, -0.2) is 4.98 Å². The van der Waals surface area contributed by atoms with Gasteiger partial charge in [-0.2, -0.15) is 5.26 Å². The predicted molar refractivity (Wildman–Crippen MR) is 158 cm³/mol. The fraction of sp³-hybridized carbons (Fsp3) is 0. The molecule has 0 N–H and O–H groups in total. The normalized spacial score (nSPS) is 11.1.